The smallest absolute Gasteiger partial charge is 0.270 e. The molecule has 32 heavy (non-hydrogen) atoms. The third-order valence-corrected chi connectivity index (χ3v) is 5.72. The van der Waals surface area contributed by atoms with Gasteiger partial charge in [-0.25, -0.2) is 0 Å². The Hall–Kier alpha value is -3.19. The topological polar surface area (TPSA) is 53.8 Å². The van der Waals surface area contributed by atoms with Gasteiger partial charge in [0.15, 0.2) is 5.11 Å². The number of carbonyl (C=O) groups excluding carboxylic acids is 2. The normalized spacial score (nSPS) is 15.6. The Morgan fingerprint density at radius 2 is 1.75 bits per heavy atom. The van der Waals surface area contributed by atoms with E-state index in [0.29, 0.717) is 32.8 Å². The van der Waals surface area contributed by atoms with Gasteiger partial charge in [-0.15, -0.1) is 6.58 Å². The summed E-state index contributed by atoms with van der Waals surface area (Å²) in [4.78, 5) is 29.0. The highest BCUT2D eigenvalue weighted by atomic mass is 35.5. The maximum atomic E-state index is 13.3. The number of furan rings is 1. The molecular formula is C24H16Cl2N2O3S. The van der Waals surface area contributed by atoms with Crippen LogP contribution < -0.4 is 4.90 Å². The van der Waals surface area contributed by atoms with Crippen LogP contribution in [0.1, 0.15) is 5.76 Å². The Balaban J connectivity index is 1.75. The van der Waals surface area contributed by atoms with Crippen molar-refractivity contribution in [1.29, 1.82) is 0 Å². The van der Waals surface area contributed by atoms with E-state index in [9.17, 15) is 9.59 Å². The van der Waals surface area contributed by atoms with Crippen LogP contribution in [0.5, 0.6) is 0 Å². The molecule has 1 aromatic heterocycles. The van der Waals surface area contributed by atoms with Crippen molar-refractivity contribution in [2.45, 2.75) is 0 Å². The van der Waals surface area contributed by atoms with E-state index in [2.05, 4.69) is 6.58 Å². The molecule has 1 fully saturated rings. The van der Waals surface area contributed by atoms with Crippen molar-refractivity contribution < 1.29 is 14.0 Å². The van der Waals surface area contributed by atoms with Crippen LogP contribution in [0.15, 0.2) is 83.3 Å². The number of hydrogen-bond acceptors (Lipinski definition) is 4. The molecule has 0 spiro atoms. The first-order valence-electron chi connectivity index (χ1n) is 9.54. The molecule has 0 radical (unpaired) electrons. The van der Waals surface area contributed by atoms with Crippen LogP contribution in [0.2, 0.25) is 10.0 Å². The zero-order valence-corrected chi connectivity index (χ0v) is 19.0. The van der Waals surface area contributed by atoms with Gasteiger partial charge in [0.2, 0.25) is 0 Å². The predicted octanol–water partition coefficient (Wildman–Crippen LogP) is 5.98. The molecular weight excluding hydrogens is 467 g/mol. The van der Waals surface area contributed by atoms with E-state index in [1.54, 1.807) is 60.7 Å². The van der Waals surface area contributed by atoms with Crippen molar-refractivity contribution in [2.75, 3.05) is 11.4 Å². The highest BCUT2D eigenvalue weighted by Gasteiger charge is 2.40. The Bertz CT molecular complexity index is 1270. The first kappa shape index (κ1) is 22.0. The first-order chi connectivity index (χ1) is 15.4. The summed E-state index contributed by atoms with van der Waals surface area (Å²) in [6.45, 7) is 3.85. The van der Waals surface area contributed by atoms with Crippen molar-refractivity contribution in [3.8, 4) is 11.3 Å². The fraction of sp³-hybridized carbons (Fsp3) is 0.0417. The number of rotatable bonds is 5. The van der Waals surface area contributed by atoms with E-state index in [0.717, 1.165) is 0 Å². The number of anilines is 1. The molecule has 0 bridgehead atoms. The molecule has 2 aromatic carbocycles. The Kier molecular flexibility index (Phi) is 6.28. The standard InChI is InChI=1S/C24H16Cl2N2O3S/c1-2-12-27-22(29)19(23(30)28(24(27)32)16-6-4-3-5-7-16)14-17-9-11-21(31-17)18-10-8-15(25)13-20(18)26/h2-11,13-14H,1,12H2/b19-14+. The minimum absolute atomic E-state index is 0.0765. The monoisotopic (exact) mass is 482 g/mol. The number of benzene rings is 2. The van der Waals surface area contributed by atoms with E-state index in [1.165, 1.54) is 15.9 Å². The molecule has 0 saturated carbocycles. The third-order valence-electron chi connectivity index (χ3n) is 4.77. The zero-order chi connectivity index (χ0) is 22.8. The van der Waals surface area contributed by atoms with Gasteiger partial charge >= 0.3 is 0 Å². The lowest BCUT2D eigenvalue weighted by Gasteiger charge is -2.36. The molecule has 0 unspecified atom stereocenters. The van der Waals surface area contributed by atoms with Gasteiger partial charge in [0.05, 0.1) is 10.7 Å². The zero-order valence-electron chi connectivity index (χ0n) is 16.6. The maximum absolute atomic E-state index is 13.3. The van der Waals surface area contributed by atoms with Gasteiger partial charge in [-0.3, -0.25) is 19.4 Å². The van der Waals surface area contributed by atoms with Gasteiger partial charge in [-0.2, -0.15) is 0 Å². The van der Waals surface area contributed by atoms with Crippen LogP contribution in [0.25, 0.3) is 17.4 Å². The molecule has 1 saturated heterocycles. The van der Waals surface area contributed by atoms with Gasteiger partial charge in [-0.1, -0.05) is 47.5 Å². The van der Waals surface area contributed by atoms with Crippen molar-refractivity contribution in [2.24, 2.45) is 0 Å². The maximum Gasteiger partial charge on any atom is 0.270 e. The summed E-state index contributed by atoms with van der Waals surface area (Å²) in [5, 5.41) is 1.02. The molecule has 0 atom stereocenters. The number of carbonyl (C=O) groups is 2. The fourth-order valence-corrected chi connectivity index (χ4v) is 4.12. The van der Waals surface area contributed by atoms with Crippen LogP contribution in [0.4, 0.5) is 5.69 Å². The summed E-state index contributed by atoms with van der Waals surface area (Å²) >= 11 is 17.7. The van der Waals surface area contributed by atoms with E-state index >= 15 is 0 Å². The summed E-state index contributed by atoms with van der Waals surface area (Å²) in [5.74, 6) is -0.252. The SMILES string of the molecule is C=CCN1C(=O)/C(=C\c2ccc(-c3ccc(Cl)cc3Cl)o2)C(=O)N(c2ccccc2)C1=S. The molecule has 2 heterocycles. The van der Waals surface area contributed by atoms with E-state index < -0.39 is 11.8 Å². The highest BCUT2D eigenvalue weighted by Crippen LogP contribution is 2.33. The van der Waals surface area contributed by atoms with E-state index in [4.69, 9.17) is 39.8 Å². The minimum atomic E-state index is -0.533. The van der Waals surface area contributed by atoms with Crippen LogP contribution in [0.3, 0.4) is 0 Å². The number of halogens is 2. The quantitative estimate of drug-likeness (QED) is 0.194. The summed E-state index contributed by atoms with van der Waals surface area (Å²) in [6.07, 6.45) is 2.96. The van der Waals surface area contributed by atoms with Crippen molar-refractivity contribution in [3.63, 3.8) is 0 Å². The number of hydrogen-bond donors (Lipinski definition) is 0. The Labute approximate surface area is 200 Å². The molecule has 3 aromatic rings. The second-order valence-electron chi connectivity index (χ2n) is 6.85. The first-order valence-corrected chi connectivity index (χ1v) is 10.7. The molecule has 8 heteroatoms. The van der Waals surface area contributed by atoms with Gasteiger partial charge in [0.1, 0.15) is 17.1 Å². The van der Waals surface area contributed by atoms with Crippen LogP contribution in [0, 0.1) is 0 Å². The van der Waals surface area contributed by atoms with Crippen molar-refractivity contribution in [1.82, 2.24) is 4.90 Å². The average Bonchev–Trinajstić information content (AvgIpc) is 3.23. The largest absolute Gasteiger partial charge is 0.457 e. The molecule has 5 nitrogen and oxygen atoms in total. The van der Waals surface area contributed by atoms with Crippen molar-refractivity contribution >= 4 is 64.1 Å². The van der Waals surface area contributed by atoms with Crippen molar-refractivity contribution in [3.05, 3.63) is 94.7 Å². The second kappa shape index (κ2) is 9.12. The number of para-hydroxylation sites is 1. The molecule has 160 valence electrons. The van der Waals surface area contributed by atoms with Crippen LogP contribution in [-0.2, 0) is 9.59 Å². The molecule has 0 aliphatic carbocycles. The average molecular weight is 483 g/mol. The fourth-order valence-electron chi connectivity index (χ4n) is 3.28. The predicted molar refractivity (Wildman–Crippen MR) is 131 cm³/mol. The minimum Gasteiger partial charge on any atom is -0.457 e. The lowest BCUT2D eigenvalue weighted by atomic mass is 10.1. The van der Waals surface area contributed by atoms with Gasteiger partial charge < -0.3 is 4.42 Å². The number of nitrogens with zero attached hydrogens (tertiary/aromatic N) is 2. The number of thiocarbonyl (C=S) groups is 1. The summed E-state index contributed by atoms with van der Waals surface area (Å²) < 4.78 is 5.85. The molecule has 0 N–H and O–H groups in total. The lowest BCUT2D eigenvalue weighted by Crippen LogP contribution is -2.56. The Morgan fingerprint density at radius 3 is 2.44 bits per heavy atom. The molecule has 4 rings (SSSR count). The summed E-state index contributed by atoms with van der Waals surface area (Å²) in [6, 6.07) is 17.3. The van der Waals surface area contributed by atoms with E-state index in [1.807, 2.05) is 6.07 Å². The molecule has 2 amide bonds. The second-order valence-corrected chi connectivity index (χ2v) is 8.06. The van der Waals surface area contributed by atoms with Crippen LogP contribution in [-0.4, -0.2) is 28.4 Å². The van der Waals surface area contributed by atoms with Crippen LogP contribution >= 0.6 is 35.4 Å². The van der Waals surface area contributed by atoms with Gasteiger partial charge in [0, 0.05) is 17.1 Å². The summed E-state index contributed by atoms with van der Waals surface area (Å²) in [7, 11) is 0. The molecule has 1 aliphatic rings. The third kappa shape index (κ3) is 4.12. The Morgan fingerprint density at radius 1 is 1.00 bits per heavy atom. The van der Waals surface area contributed by atoms with Gasteiger partial charge in [-0.05, 0) is 60.8 Å². The number of amides is 2. The lowest BCUT2D eigenvalue weighted by molar-refractivity contribution is -0.127. The summed E-state index contributed by atoms with van der Waals surface area (Å²) in [5.41, 5.74) is 1.12. The molecule has 1 aliphatic heterocycles. The highest BCUT2D eigenvalue weighted by molar-refractivity contribution is 7.80. The van der Waals surface area contributed by atoms with Gasteiger partial charge in [0.25, 0.3) is 11.8 Å². The van der Waals surface area contributed by atoms with E-state index in [-0.39, 0.29) is 17.2 Å².